The normalized spacial score (nSPS) is 19.2. The van der Waals surface area contributed by atoms with Crippen LogP contribution in [0.5, 0.6) is 5.75 Å². The molecule has 1 heterocycles. The molecule has 0 radical (unpaired) electrons. The summed E-state index contributed by atoms with van der Waals surface area (Å²) in [5.74, 6) is 0.415. The van der Waals surface area contributed by atoms with Gasteiger partial charge < -0.3 is 4.74 Å². The summed E-state index contributed by atoms with van der Waals surface area (Å²) < 4.78 is 56.8. The first kappa shape index (κ1) is 18.7. The van der Waals surface area contributed by atoms with E-state index in [0.717, 1.165) is 5.56 Å². The molecule has 0 saturated carbocycles. The minimum Gasteiger partial charge on any atom is -0.497 e. The molecule has 0 N–H and O–H groups in total. The van der Waals surface area contributed by atoms with E-state index in [2.05, 4.69) is 0 Å². The SMILES string of the molecule is COc1ccc(N(C2CCS(=O)(=O)C2)S(=O)(=O)c2ccc(C)cc2)cc1. The second-order valence-corrected chi connectivity index (χ2v) is 10.4. The summed E-state index contributed by atoms with van der Waals surface area (Å²) in [6.45, 7) is 1.88. The summed E-state index contributed by atoms with van der Waals surface area (Å²) in [6.07, 6.45) is 0.277. The molecule has 0 aromatic heterocycles. The van der Waals surface area contributed by atoms with Gasteiger partial charge in [0.05, 0.1) is 35.2 Å². The molecule has 0 aliphatic carbocycles. The quantitative estimate of drug-likeness (QED) is 0.776. The number of benzene rings is 2. The van der Waals surface area contributed by atoms with E-state index in [0.29, 0.717) is 11.4 Å². The Balaban J connectivity index is 2.08. The third-order valence-corrected chi connectivity index (χ3v) is 8.09. The zero-order valence-electron chi connectivity index (χ0n) is 14.6. The Hall–Kier alpha value is -2.06. The van der Waals surface area contributed by atoms with Crippen LogP contribution in [0.25, 0.3) is 0 Å². The molecule has 0 bridgehead atoms. The molecule has 2 aromatic carbocycles. The van der Waals surface area contributed by atoms with Crippen molar-refractivity contribution >= 4 is 25.5 Å². The van der Waals surface area contributed by atoms with Crippen LogP contribution in [-0.2, 0) is 19.9 Å². The molecule has 1 aliphatic heterocycles. The van der Waals surface area contributed by atoms with Crippen molar-refractivity contribution in [2.45, 2.75) is 24.3 Å². The number of sulfonamides is 1. The molecule has 0 spiro atoms. The predicted octanol–water partition coefficient (Wildman–Crippen LogP) is 2.39. The Morgan fingerprint density at radius 3 is 2.15 bits per heavy atom. The van der Waals surface area contributed by atoms with Gasteiger partial charge in [0.1, 0.15) is 5.75 Å². The molecule has 1 fully saturated rings. The van der Waals surface area contributed by atoms with Crippen LogP contribution in [0.15, 0.2) is 53.4 Å². The second kappa shape index (κ2) is 6.92. The average Bonchev–Trinajstić information content (AvgIpc) is 2.95. The minimum atomic E-state index is -3.90. The van der Waals surface area contributed by atoms with Gasteiger partial charge in [-0.25, -0.2) is 16.8 Å². The lowest BCUT2D eigenvalue weighted by atomic mass is 10.2. The van der Waals surface area contributed by atoms with E-state index < -0.39 is 25.9 Å². The van der Waals surface area contributed by atoms with Crippen LogP contribution in [0, 0.1) is 6.92 Å². The van der Waals surface area contributed by atoms with Crippen molar-refractivity contribution in [3.05, 3.63) is 54.1 Å². The Labute approximate surface area is 154 Å². The number of aryl methyl sites for hydroxylation is 1. The van der Waals surface area contributed by atoms with Gasteiger partial charge in [-0.1, -0.05) is 17.7 Å². The van der Waals surface area contributed by atoms with E-state index in [1.807, 2.05) is 6.92 Å². The van der Waals surface area contributed by atoms with E-state index in [-0.39, 0.29) is 22.8 Å². The molecule has 1 unspecified atom stereocenters. The first-order valence-corrected chi connectivity index (χ1v) is 11.4. The van der Waals surface area contributed by atoms with Crippen LogP contribution < -0.4 is 9.04 Å². The number of sulfone groups is 1. The van der Waals surface area contributed by atoms with Gasteiger partial charge in [0.25, 0.3) is 10.0 Å². The van der Waals surface area contributed by atoms with Crippen LogP contribution in [0.3, 0.4) is 0 Å². The summed E-state index contributed by atoms with van der Waals surface area (Å²) >= 11 is 0. The Bertz CT molecular complexity index is 981. The fourth-order valence-electron chi connectivity index (χ4n) is 3.06. The lowest BCUT2D eigenvalue weighted by Gasteiger charge is -2.29. The fraction of sp³-hybridized carbons (Fsp3) is 0.333. The van der Waals surface area contributed by atoms with Crippen LogP contribution in [0.4, 0.5) is 5.69 Å². The summed E-state index contributed by atoms with van der Waals surface area (Å²) in [6, 6.07) is 12.5. The summed E-state index contributed by atoms with van der Waals surface area (Å²) in [5, 5.41) is 0. The number of ether oxygens (including phenoxy) is 1. The maximum atomic E-state index is 13.3. The monoisotopic (exact) mass is 395 g/mol. The molecule has 140 valence electrons. The van der Waals surface area contributed by atoms with Crippen molar-refractivity contribution in [2.24, 2.45) is 0 Å². The van der Waals surface area contributed by atoms with Crippen molar-refractivity contribution in [1.29, 1.82) is 0 Å². The van der Waals surface area contributed by atoms with Crippen LogP contribution in [0.1, 0.15) is 12.0 Å². The van der Waals surface area contributed by atoms with E-state index in [9.17, 15) is 16.8 Å². The van der Waals surface area contributed by atoms with Gasteiger partial charge in [-0.05, 0) is 49.7 Å². The Kier molecular flexibility index (Phi) is 4.98. The third-order valence-electron chi connectivity index (χ3n) is 4.44. The van der Waals surface area contributed by atoms with Gasteiger partial charge in [0, 0.05) is 0 Å². The fourth-order valence-corrected chi connectivity index (χ4v) is 6.53. The largest absolute Gasteiger partial charge is 0.497 e. The first-order valence-electron chi connectivity index (χ1n) is 8.18. The molecule has 1 saturated heterocycles. The van der Waals surface area contributed by atoms with E-state index in [1.165, 1.54) is 11.4 Å². The summed E-state index contributed by atoms with van der Waals surface area (Å²) in [5.41, 5.74) is 1.37. The lowest BCUT2D eigenvalue weighted by Crippen LogP contribution is -2.41. The number of rotatable bonds is 5. The van der Waals surface area contributed by atoms with Crippen molar-refractivity contribution in [3.8, 4) is 5.75 Å². The molecule has 1 aliphatic rings. The number of nitrogens with zero attached hydrogens (tertiary/aromatic N) is 1. The maximum absolute atomic E-state index is 13.3. The maximum Gasteiger partial charge on any atom is 0.264 e. The second-order valence-electron chi connectivity index (χ2n) is 6.37. The van der Waals surface area contributed by atoms with Gasteiger partial charge in [0.2, 0.25) is 0 Å². The van der Waals surface area contributed by atoms with E-state index in [1.54, 1.807) is 48.5 Å². The summed E-state index contributed by atoms with van der Waals surface area (Å²) in [4.78, 5) is 0.142. The molecule has 8 heteroatoms. The standard InChI is InChI=1S/C18H21NO5S2/c1-14-3-9-18(10-4-14)26(22,23)19(16-11-12-25(20,21)13-16)15-5-7-17(24-2)8-6-15/h3-10,16H,11-13H2,1-2H3. The molecule has 0 amide bonds. The lowest BCUT2D eigenvalue weighted by molar-refractivity contribution is 0.415. The van der Waals surface area contributed by atoms with Crippen molar-refractivity contribution in [2.75, 3.05) is 22.9 Å². The number of anilines is 1. The van der Waals surface area contributed by atoms with Gasteiger partial charge >= 0.3 is 0 Å². The highest BCUT2D eigenvalue weighted by Gasteiger charge is 2.39. The smallest absolute Gasteiger partial charge is 0.264 e. The predicted molar refractivity (Wildman–Crippen MR) is 101 cm³/mol. The van der Waals surface area contributed by atoms with Gasteiger partial charge in [0.15, 0.2) is 9.84 Å². The molecule has 6 nitrogen and oxygen atoms in total. The zero-order chi connectivity index (χ0) is 18.9. The molecular weight excluding hydrogens is 374 g/mol. The molecule has 2 aromatic rings. The van der Waals surface area contributed by atoms with Crippen LogP contribution in [-0.4, -0.2) is 41.5 Å². The van der Waals surface area contributed by atoms with Gasteiger partial charge in [-0.3, -0.25) is 4.31 Å². The third kappa shape index (κ3) is 3.71. The molecule has 1 atom stereocenters. The van der Waals surface area contributed by atoms with Crippen LogP contribution >= 0.6 is 0 Å². The molecule has 3 rings (SSSR count). The van der Waals surface area contributed by atoms with Gasteiger partial charge in [-0.15, -0.1) is 0 Å². The van der Waals surface area contributed by atoms with Crippen molar-refractivity contribution < 1.29 is 21.6 Å². The number of methoxy groups -OCH3 is 1. The van der Waals surface area contributed by atoms with E-state index >= 15 is 0 Å². The number of hydrogen-bond donors (Lipinski definition) is 0. The minimum absolute atomic E-state index is 0.00621. The highest BCUT2D eigenvalue weighted by atomic mass is 32.2. The van der Waals surface area contributed by atoms with Crippen LogP contribution in [0.2, 0.25) is 0 Å². The molecule has 26 heavy (non-hydrogen) atoms. The topological polar surface area (TPSA) is 80.8 Å². The summed E-state index contributed by atoms with van der Waals surface area (Å²) in [7, 11) is -5.61. The van der Waals surface area contributed by atoms with Crippen molar-refractivity contribution in [1.82, 2.24) is 0 Å². The zero-order valence-corrected chi connectivity index (χ0v) is 16.3. The highest BCUT2D eigenvalue weighted by molar-refractivity contribution is 7.93. The number of hydrogen-bond acceptors (Lipinski definition) is 5. The average molecular weight is 396 g/mol. The Morgan fingerprint density at radius 1 is 1.04 bits per heavy atom. The van der Waals surface area contributed by atoms with Gasteiger partial charge in [-0.2, -0.15) is 0 Å². The highest BCUT2D eigenvalue weighted by Crippen LogP contribution is 2.32. The Morgan fingerprint density at radius 2 is 1.65 bits per heavy atom. The van der Waals surface area contributed by atoms with E-state index in [4.69, 9.17) is 4.74 Å². The first-order chi connectivity index (χ1) is 12.2. The molecular formula is C18H21NO5S2. The van der Waals surface area contributed by atoms with Crippen molar-refractivity contribution in [3.63, 3.8) is 0 Å².